The first-order valence-electron chi connectivity index (χ1n) is 5.36. The Bertz CT molecular complexity index is 561. The van der Waals surface area contributed by atoms with Crippen LogP contribution in [0.3, 0.4) is 0 Å². The monoisotopic (exact) mass is 313 g/mol. The fourth-order valence-electron chi connectivity index (χ4n) is 1.40. The fraction of sp³-hybridized carbons (Fsp3) is 0.364. The van der Waals surface area contributed by atoms with Crippen LogP contribution in [-0.4, -0.2) is 20.0 Å². The van der Waals surface area contributed by atoms with Crippen molar-refractivity contribution in [1.82, 2.24) is 20.0 Å². The molecule has 18 heavy (non-hydrogen) atoms. The van der Waals surface area contributed by atoms with Crippen molar-refractivity contribution in [2.75, 3.05) is 0 Å². The SMILES string of the molecule is CC(C)(N)c1cn(Cc2ccc(F)nc2Br)nn1. The lowest BCUT2D eigenvalue weighted by atomic mass is 10.0. The highest BCUT2D eigenvalue weighted by Gasteiger charge is 2.18. The summed E-state index contributed by atoms with van der Waals surface area (Å²) in [6.45, 7) is 4.17. The third-order valence-corrected chi connectivity index (χ3v) is 3.11. The van der Waals surface area contributed by atoms with E-state index in [9.17, 15) is 4.39 Å². The van der Waals surface area contributed by atoms with E-state index in [0.29, 0.717) is 16.8 Å². The topological polar surface area (TPSA) is 69.6 Å². The molecule has 5 nitrogen and oxygen atoms in total. The second-order valence-electron chi connectivity index (χ2n) is 4.61. The van der Waals surface area contributed by atoms with Gasteiger partial charge >= 0.3 is 0 Å². The first-order chi connectivity index (χ1) is 8.36. The van der Waals surface area contributed by atoms with Crippen LogP contribution < -0.4 is 5.73 Å². The molecule has 0 saturated heterocycles. The van der Waals surface area contributed by atoms with Gasteiger partial charge < -0.3 is 5.73 Å². The minimum atomic E-state index is -0.531. The molecule has 0 amide bonds. The van der Waals surface area contributed by atoms with Crippen molar-refractivity contribution >= 4 is 15.9 Å². The average molecular weight is 314 g/mol. The zero-order chi connectivity index (χ0) is 13.3. The van der Waals surface area contributed by atoms with Gasteiger partial charge in [0.15, 0.2) is 0 Å². The number of rotatable bonds is 3. The van der Waals surface area contributed by atoms with Gasteiger partial charge in [0.25, 0.3) is 0 Å². The van der Waals surface area contributed by atoms with E-state index in [1.165, 1.54) is 6.07 Å². The largest absolute Gasteiger partial charge is 0.320 e. The summed E-state index contributed by atoms with van der Waals surface area (Å²) < 4.78 is 15.0. The number of hydrogen-bond acceptors (Lipinski definition) is 4. The van der Waals surface area contributed by atoms with E-state index in [1.54, 1.807) is 16.9 Å². The van der Waals surface area contributed by atoms with Gasteiger partial charge in [0.05, 0.1) is 18.3 Å². The van der Waals surface area contributed by atoms with Crippen LogP contribution >= 0.6 is 15.9 Å². The van der Waals surface area contributed by atoms with E-state index in [1.807, 2.05) is 13.8 Å². The Morgan fingerprint density at radius 1 is 1.44 bits per heavy atom. The lowest BCUT2D eigenvalue weighted by molar-refractivity contribution is 0.533. The van der Waals surface area contributed by atoms with Gasteiger partial charge in [-0.3, -0.25) is 0 Å². The molecule has 0 fully saturated rings. The summed E-state index contributed by atoms with van der Waals surface area (Å²) in [4.78, 5) is 3.69. The number of aromatic nitrogens is 4. The van der Waals surface area contributed by atoms with E-state index in [-0.39, 0.29) is 0 Å². The van der Waals surface area contributed by atoms with Crippen LogP contribution in [0.1, 0.15) is 25.1 Å². The molecule has 7 heteroatoms. The summed E-state index contributed by atoms with van der Waals surface area (Å²) in [7, 11) is 0. The van der Waals surface area contributed by atoms with Crippen molar-refractivity contribution in [3.05, 3.63) is 40.1 Å². The quantitative estimate of drug-likeness (QED) is 0.877. The number of hydrogen-bond donors (Lipinski definition) is 1. The van der Waals surface area contributed by atoms with Crippen LogP contribution in [-0.2, 0) is 12.1 Å². The van der Waals surface area contributed by atoms with Gasteiger partial charge in [-0.05, 0) is 41.9 Å². The molecule has 0 bridgehead atoms. The third-order valence-electron chi connectivity index (χ3n) is 2.42. The lowest BCUT2D eigenvalue weighted by Crippen LogP contribution is -2.29. The summed E-state index contributed by atoms with van der Waals surface area (Å²) >= 11 is 3.21. The summed E-state index contributed by atoms with van der Waals surface area (Å²) in [6.07, 6.45) is 1.77. The second-order valence-corrected chi connectivity index (χ2v) is 5.36. The van der Waals surface area contributed by atoms with E-state index < -0.39 is 11.5 Å². The molecule has 0 aliphatic heterocycles. The van der Waals surface area contributed by atoms with Crippen LogP contribution in [0.2, 0.25) is 0 Å². The maximum Gasteiger partial charge on any atom is 0.213 e. The number of pyridine rings is 1. The first kappa shape index (κ1) is 13.1. The van der Waals surface area contributed by atoms with Gasteiger partial charge in [0, 0.05) is 5.56 Å². The Balaban J connectivity index is 2.21. The van der Waals surface area contributed by atoms with Gasteiger partial charge in [0.2, 0.25) is 5.95 Å². The van der Waals surface area contributed by atoms with Crippen LogP contribution in [0, 0.1) is 5.95 Å². The molecule has 0 unspecified atom stereocenters. The normalized spacial score (nSPS) is 11.8. The molecule has 2 heterocycles. The minimum absolute atomic E-state index is 0.455. The maximum atomic E-state index is 12.9. The van der Waals surface area contributed by atoms with Gasteiger partial charge in [-0.25, -0.2) is 9.67 Å². The molecular formula is C11H13BrFN5. The molecule has 0 spiro atoms. The van der Waals surface area contributed by atoms with Crippen LogP contribution in [0.4, 0.5) is 4.39 Å². The fourth-order valence-corrected chi connectivity index (χ4v) is 1.83. The van der Waals surface area contributed by atoms with E-state index in [4.69, 9.17) is 5.73 Å². The molecule has 2 aromatic rings. The summed E-state index contributed by atoms with van der Waals surface area (Å²) in [5.41, 5.74) is 6.92. The zero-order valence-electron chi connectivity index (χ0n) is 10.1. The zero-order valence-corrected chi connectivity index (χ0v) is 11.6. The third kappa shape index (κ3) is 2.91. The predicted octanol–water partition coefficient (Wildman–Crippen LogP) is 1.82. The minimum Gasteiger partial charge on any atom is -0.320 e. The molecule has 2 rings (SSSR count). The molecular weight excluding hydrogens is 301 g/mol. The predicted molar refractivity (Wildman–Crippen MR) is 68.2 cm³/mol. The standard InChI is InChI=1S/C11H13BrFN5/c1-11(2,14)8-6-18(17-16-8)5-7-3-4-9(13)15-10(7)12/h3-4,6H,5,14H2,1-2H3. The molecule has 0 aliphatic carbocycles. The summed E-state index contributed by atoms with van der Waals surface area (Å²) in [5, 5.41) is 7.99. The van der Waals surface area contributed by atoms with Gasteiger partial charge in [-0.1, -0.05) is 5.21 Å². The molecule has 0 atom stereocenters. The van der Waals surface area contributed by atoms with Crippen molar-refractivity contribution in [3.8, 4) is 0 Å². The molecule has 0 aromatic carbocycles. The smallest absolute Gasteiger partial charge is 0.213 e. The van der Waals surface area contributed by atoms with Gasteiger partial charge in [-0.15, -0.1) is 5.10 Å². The molecule has 96 valence electrons. The molecule has 0 saturated carbocycles. The highest BCUT2D eigenvalue weighted by atomic mass is 79.9. The summed E-state index contributed by atoms with van der Waals surface area (Å²) in [5.74, 6) is -0.520. The molecule has 0 radical (unpaired) electrons. The summed E-state index contributed by atoms with van der Waals surface area (Å²) in [6, 6.07) is 2.96. The van der Waals surface area contributed by atoms with Crippen molar-refractivity contribution < 1.29 is 4.39 Å². The molecule has 2 aromatic heterocycles. The Morgan fingerprint density at radius 3 is 2.72 bits per heavy atom. The van der Waals surface area contributed by atoms with Crippen molar-refractivity contribution in [2.45, 2.75) is 25.9 Å². The van der Waals surface area contributed by atoms with Gasteiger partial charge in [0.1, 0.15) is 10.3 Å². The Hall–Kier alpha value is -1.34. The van der Waals surface area contributed by atoms with Crippen LogP contribution in [0.15, 0.2) is 22.9 Å². The van der Waals surface area contributed by atoms with Gasteiger partial charge in [-0.2, -0.15) is 4.39 Å². The van der Waals surface area contributed by atoms with Crippen LogP contribution in [0.5, 0.6) is 0 Å². The molecule has 2 N–H and O–H groups in total. The average Bonchev–Trinajstić information content (AvgIpc) is 2.70. The maximum absolute atomic E-state index is 12.9. The second kappa shape index (κ2) is 4.74. The van der Waals surface area contributed by atoms with Crippen molar-refractivity contribution in [1.29, 1.82) is 0 Å². The number of nitrogens with two attached hydrogens (primary N) is 1. The van der Waals surface area contributed by atoms with E-state index in [0.717, 1.165) is 5.56 Å². The van der Waals surface area contributed by atoms with Crippen LogP contribution in [0.25, 0.3) is 0 Å². The molecule has 0 aliphatic rings. The number of nitrogens with zero attached hydrogens (tertiary/aromatic N) is 4. The lowest BCUT2D eigenvalue weighted by Gasteiger charge is -2.13. The van der Waals surface area contributed by atoms with E-state index in [2.05, 4.69) is 31.2 Å². The Morgan fingerprint density at radius 2 is 2.17 bits per heavy atom. The first-order valence-corrected chi connectivity index (χ1v) is 6.16. The highest BCUT2D eigenvalue weighted by molar-refractivity contribution is 9.10. The van der Waals surface area contributed by atoms with E-state index >= 15 is 0 Å². The van der Waals surface area contributed by atoms with Crippen molar-refractivity contribution in [3.63, 3.8) is 0 Å². The Labute approximate surface area is 112 Å². The Kier molecular flexibility index (Phi) is 3.45. The number of halogens is 2. The van der Waals surface area contributed by atoms with Crippen molar-refractivity contribution in [2.24, 2.45) is 5.73 Å². The highest BCUT2D eigenvalue weighted by Crippen LogP contribution is 2.17.